The highest BCUT2D eigenvalue weighted by Crippen LogP contribution is 2.39. The maximum absolute atomic E-state index is 13.6. The first kappa shape index (κ1) is 17.9. The molecule has 0 radical (unpaired) electrons. The lowest BCUT2D eigenvalue weighted by Gasteiger charge is -2.28. The third-order valence-electron chi connectivity index (χ3n) is 5.53. The standard InChI is InChI=1S/C19H20F2N8/c1-11-7-16-23-10-24-28(16)9-15(11)25-18-22-8-14-12(2)27-29(17(14)26-18)13-3-5-19(20,21)6-4-13/h7-10,13H,3-6H2,1-2H3,(H,22,25,26). The molecule has 1 fully saturated rings. The fourth-order valence-corrected chi connectivity index (χ4v) is 3.86. The molecule has 0 bridgehead atoms. The Morgan fingerprint density at radius 1 is 1.17 bits per heavy atom. The zero-order valence-corrected chi connectivity index (χ0v) is 16.1. The SMILES string of the molecule is Cc1cc2ncnn2cc1Nc1ncc2c(C)nn(C3CCC(F)(F)CC3)c2n1. The molecule has 29 heavy (non-hydrogen) atoms. The molecule has 10 heteroatoms. The Bertz CT molecular complexity index is 1200. The maximum atomic E-state index is 13.6. The molecular weight excluding hydrogens is 378 g/mol. The van der Waals surface area contributed by atoms with Gasteiger partial charge in [-0.05, 0) is 38.3 Å². The van der Waals surface area contributed by atoms with Gasteiger partial charge in [0, 0.05) is 19.0 Å². The second kappa shape index (κ2) is 6.43. The summed E-state index contributed by atoms with van der Waals surface area (Å²) < 4.78 is 30.6. The highest BCUT2D eigenvalue weighted by atomic mass is 19.3. The highest BCUT2D eigenvalue weighted by Gasteiger charge is 2.36. The first-order valence-corrected chi connectivity index (χ1v) is 9.56. The summed E-state index contributed by atoms with van der Waals surface area (Å²) in [5, 5.41) is 12.8. The lowest BCUT2D eigenvalue weighted by atomic mass is 9.92. The Kier molecular flexibility index (Phi) is 3.97. The molecular formula is C19H20F2N8. The van der Waals surface area contributed by atoms with Crippen LogP contribution in [-0.2, 0) is 0 Å². The number of fused-ring (bicyclic) bond motifs is 2. The smallest absolute Gasteiger partial charge is 0.248 e. The van der Waals surface area contributed by atoms with Crippen molar-refractivity contribution in [3.8, 4) is 0 Å². The van der Waals surface area contributed by atoms with Crippen LogP contribution in [0.1, 0.15) is 43.0 Å². The average molecular weight is 398 g/mol. The van der Waals surface area contributed by atoms with Gasteiger partial charge in [0.2, 0.25) is 11.9 Å². The van der Waals surface area contributed by atoms with Crippen LogP contribution in [0.15, 0.2) is 24.8 Å². The first-order chi connectivity index (χ1) is 13.9. The Morgan fingerprint density at radius 2 is 1.97 bits per heavy atom. The van der Waals surface area contributed by atoms with Crippen LogP contribution < -0.4 is 5.32 Å². The van der Waals surface area contributed by atoms with E-state index in [-0.39, 0.29) is 18.9 Å². The zero-order chi connectivity index (χ0) is 20.2. The molecule has 5 rings (SSSR count). The van der Waals surface area contributed by atoms with Crippen molar-refractivity contribution < 1.29 is 8.78 Å². The van der Waals surface area contributed by atoms with Gasteiger partial charge in [0.05, 0.1) is 29.0 Å². The summed E-state index contributed by atoms with van der Waals surface area (Å²) in [7, 11) is 0. The predicted molar refractivity (Wildman–Crippen MR) is 104 cm³/mol. The molecule has 0 atom stereocenters. The largest absolute Gasteiger partial charge is 0.323 e. The third kappa shape index (κ3) is 3.18. The van der Waals surface area contributed by atoms with Gasteiger partial charge >= 0.3 is 0 Å². The van der Waals surface area contributed by atoms with Gasteiger partial charge in [-0.25, -0.2) is 27.9 Å². The Morgan fingerprint density at radius 3 is 2.76 bits per heavy atom. The summed E-state index contributed by atoms with van der Waals surface area (Å²) in [6.07, 6.45) is 5.59. The number of pyridine rings is 1. The molecule has 0 aromatic carbocycles. The number of hydrogen-bond donors (Lipinski definition) is 1. The lowest BCUT2D eigenvalue weighted by molar-refractivity contribution is -0.0446. The van der Waals surface area contributed by atoms with Crippen LogP contribution in [0.25, 0.3) is 16.7 Å². The first-order valence-electron chi connectivity index (χ1n) is 9.56. The van der Waals surface area contributed by atoms with E-state index in [0.717, 1.165) is 28.0 Å². The van der Waals surface area contributed by atoms with Gasteiger partial charge in [-0.2, -0.15) is 15.2 Å². The highest BCUT2D eigenvalue weighted by molar-refractivity contribution is 5.79. The summed E-state index contributed by atoms with van der Waals surface area (Å²) in [6.45, 7) is 3.85. The maximum Gasteiger partial charge on any atom is 0.248 e. The number of rotatable bonds is 3. The Labute approximate surface area is 165 Å². The molecule has 4 aromatic rings. The average Bonchev–Trinajstić information content (AvgIpc) is 3.26. The van der Waals surface area contributed by atoms with Gasteiger partial charge in [0.15, 0.2) is 11.3 Å². The number of alkyl halides is 2. The Balaban J connectivity index is 1.50. The third-order valence-corrected chi connectivity index (χ3v) is 5.53. The number of hydrogen-bond acceptors (Lipinski definition) is 6. The topological polar surface area (TPSA) is 85.8 Å². The van der Waals surface area contributed by atoms with Crippen LogP contribution in [0.5, 0.6) is 0 Å². The fraction of sp³-hybridized carbons (Fsp3) is 0.421. The van der Waals surface area contributed by atoms with E-state index in [0.29, 0.717) is 24.4 Å². The van der Waals surface area contributed by atoms with Crippen molar-refractivity contribution >= 4 is 28.3 Å². The Hall–Kier alpha value is -3.17. The van der Waals surface area contributed by atoms with Crippen molar-refractivity contribution in [2.24, 2.45) is 0 Å². The molecule has 0 saturated heterocycles. The van der Waals surface area contributed by atoms with E-state index in [1.807, 2.05) is 26.1 Å². The fourth-order valence-electron chi connectivity index (χ4n) is 3.86. The molecule has 1 N–H and O–H groups in total. The van der Waals surface area contributed by atoms with Crippen LogP contribution in [0.4, 0.5) is 20.4 Å². The van der Waals surface area contributed by atoms with Gasteiger partial charge in [-0.3, -0.25) is 0 Å². The second-order valence-corrected chi connectivity index (χ2v) is 7.61. The summed E-state index contributed by atoms with van der Waals surface area (Å²) >= 11 is 0. The summed E-state index contributed by atoms with van der Waals surface area (Å²) in [5.74, 6) is -2.16. The number of aromatic nitrogens is 7. The van der Waals surface area contributed by atoms with Crippen molar-refractivity contribution in [2.75, 3.05) is 5.32 Å². The second-order valence-electron chi connectivity index (χ2n) is 7.61. The van der Waals surface area contributed by atoms with E-state index >= 15 is 0 Å². The molecule has 0 amide bonds. The van der Waals surface area contributed by atoms with Gasteiger partial charge in [-0.1, -0.05) is 0 Å². The normalized spacial score (nSPS) is 17.2. The monoisotopic (exact) mass is 398 g/mol. The molecule has 150 valence electrons. The van der Waals surface area contributed by atoms with E-state index < -0.39 is 5.92 Å². The molecule has 1 saturated carbocycles. The van der Waals surface area contributed by atoms with E-state index in [4.69, 9.17) is 0 Å². The quantitative estimate of drug-likeness (QED) is 0.562. The van der Waals surface area contributed by atoms with Gasteiger partial charge in [-0.15, -0.1) is 0 Å². The van der Waals surface area contributed by atoms with Gasteiger partial charge in [0.1, 0.15) is 6.33 Å². The van der Waals surface area contributed by atoms with Crippen LogP contribution in [0.3, 0.4) is 0 Å². The van der Waals surface area contributed by atoms with Crippen LogP contribution in [-0.4, -0.2) is 40.3 Å². The summed E-state index contributed by atoms with van der Waals surface area (Å²) in [5.41, 5.74) is 4.00. The minimum absolute atomic E-state index is 0.0817. The summed E-state index contributed by atoms with van der Waals surface area (Å²) in [4.78, 5) is 13.2. The van der Waals surface area contributed by atoms with Crippen LogP contribution in [0.2, 0.25) is 0 Å². The van der Waals surface area contributed by atoms with Gasteiger partial charge in [0.25, 0.3) is 0 Å². The molecule has 4 aromatic heterocycles. The molecule has 1 aliphatic carbocycles. The molecule has 1 aliphatic rings. The van der Waals surface area contributed by atoms with E-state index in [9.17, 15) is 8.78 Å². The molecule has 0 aliphatic heterocycles. The molecule has 4 heterocycles. The van der Waals surface area contributed by atoms with E-state index in [2.05, 4.69) is 30.5 Å². The number of anilines is 2. The van der Waals surface area contributed by atoms with Crippen molar-refractivity contribution in [1.29, 1.82) is 0 Å². The zero-order valence-electron chi connectivity index (χ0n) is 16.1. The number of aryl methyl sites for hydroxylation is 2. The lowest BCUT2D eigenvalue weighted by Crippen LogP contribution is -2.27. The van der Waals surface area contributed by atoms with Crippen molar-refractivity contribution in [1.82, 2.24) is 34.3 Å². The van der Waals surface area contributed by atoms with Crippen molar-refractivity contribution in [2.45, 2.75) is 51.5 Å². The molecule has 0 spiro atoms. The van der Waals surface area contributed by atoms with E-state index in [1.165, 1.54) is 6.33 Å². The van der Waals surface area contributed by atoms with Crippen molar-refractivity contribution in [3.05, 3.63) is 36.0 Å². The number of nitrogens with zero attached hydrogens (tertiary/aromatic N) is 7. The number of nitrogens with one attached hydrogen (secondary N) is 1. The van der Waals surface area contributed by atoms with Crippen molar-refractivity contribution in [3.63, 3.8) is 0 Å². The van der Waals surface area contributed by atoms with E-state index in [1.54, 1.807) is 15.4 Å². The van der Waals surface area contributed by atoms with Crippen LogP contribution in [0, 0.1) is 13.8 Å². The summed E-state index contributed by atoms with van der Waals surface area (Å²) in [6, 6.07) is 1.84. The molecule has 0 unspecified atom stereocenters. The predicted octanol–water partition coefficient (Wildman–Crippen LogP) is 3.98. The van der Waals surface area contributed by atoms with Crippen LogP contribution >= 0.6 is 0 Å². The minimum Gasteiger partial charge on any atom is -0.323 e. The number of halogens is 2. The minimum atomic E-state index is -2.58. The molecule has 8 nitrogen and oxygen atoms in total. The van der Waals surface area contributed by atoms with Gasteiger partial charge < -0.3 is 5.32 Å².